The van der Waals surface area contributed by atoms with Crippen LogP contribution in [0, 0.1) is 5.92 Å². The first-order valence-electron chi connectivity index (χ1n) is 6.60. The zero-order valence-corrected chi connectivity index (χ0v) is 10.3. The molecule has 2 heteroatoms. The van der Waals surface area contributed by atoms with Gasteiger partial charge in [-0.25, -0.2) is 0 Å². The molecule has 3 unspecified atom stereocenters. The molecule has 0 aliphatic heterocycles. The van der Waals surface area contributed by atoms with Crippen molar-refractivity contribution in [3.63, 3.8) is 0 Å². The van der Waals surface area contributed by atoms with Crippen molar-refractivity contribution < 1.29 is 4.79 Å². The number of hydrogen-bond acceptors (Lipinski definition) is 1. The quantitative estimate of drug-likeness (QED) is 0.788. The van der Waals surface area contributed by atoms with E-state index in [-0.39, 0.29) is 5.91 Å². The van der Waals surface area contributed by atoms with Gasteiger partial charge in [0.15, 0.2) is 0 Å². The minimum atomic E-state index is 0.117. The van der Waals surface area contributed by atoms with Crippen molar-refractivity contribution in [1.29, 1.82) is 0 Å². The number of benzene rings is 1. The van der Waals surface area contributed by atoms with Gasteiger partial charge in [-0.1, -0.05) is 30.7 Å². The van der Waals surface area contributed by atoms with Crippen molar-refractivity contribution in [3.05, 3.63) is 35.4 Å². The topological polar surface area (TPSA) is 29.1 Å². The van der Waals surface area contributed by atoms with Crippen LogP contribution in [0.15, 0.2) is 24.3 Å². The smallest absolute Gasteiger partial charge is 0.217 e. The van der Waals surface area contributed by atoms with E-state index in [9.17, 15) is 4.79 Å². The number of carbonyl (C=O) groups excluding carboxylic acids is 1. The van der Waals surface area contributed by atoms with Crippen molar-refractivity contribution in [3.8, 4) is 0 Å². The summed E-state index contributed by atoms with van der Waals surface area (Å²) in [4.78, 5) is 11.3. The zero-order chi connectivity index (χ0) is 11.8. The molecule has 17 heavy (non-hydrogen) atoms. The van der Waals surface area contributed by atoms with Crippen LogP contribution in [0.2, 0.25) is 0 Å². The van der Waals surface area contributed by atoms with Crippen LogP contribution in [0.3, 0.4) is 0 Å². The van der Waals surface area contributed by atoms with Gasteiger partial charge in [-0.15, -0.1) is 0 Å². The van der Waals surface area contributed by atoms with Gasteiger partial charge in [-0.3, -0.25) is 4.79 Å². The lowest BCUT2D eigenvalue weighted by molar-refractivity contribution is -0.120. The minimum absolute atomic E-state index is 0.117. The predicted octanol–water partition coefficient (Wildman–Crippen LogP) is 2.63. The van der Waals surface area contributed by atoms with E-state index in [1.165, 1.54) is 24.0 Å². The van der Waals surface area contributed by atoms with Gasteiger partial charge in [0.2, 0.25) is 5.91 Å². The summed E-state index contributed by atoms with van der Waals surface area (Å²) < 4.78 is 0. The number of amides is 1. The van der Waals surface area contributed by atoms with Crippen molar-refractivity contribution in [2.24, 2.45) is 5.92 Å². The van der Waals surface area contributed by atoms with Crippen molar-refractivity contribution in [2.45, 2.75) is 44.6 Å². The van der Waals surface area contributed by atoms with Gasteiger partial charge in [-0.2, -0.15) is 0 Å². The molecule has 1 N–H and O–H groups in total. The second kappa shape index (κ2) is 4.17. The van der Waals surface area contributed by atoms with Gasteiger partial charge in [0.1, 0.15) is 0 Å². The summed E-state index contributed by atoms with van der Waals surface area (Å²) in [5, 5.41) is 3.15. The van der Waals surface area contributed by atoms with Crippen LogP contribution in [-0.2, 0) is 11.2 Å². The molecule has 0 aromatic heterocycles. The van der Waals surface area contributed by atoms with Crippen LogP contribution in [0.25, 0.3) is 0 Å². The Morgan fingerprint density at radius 1 is 1.29 bits per heavy atom. The first-order valence-corrected chi connectivity index (χ1v) is 6.60. The molecular formula is C15H19NO. The van der Waals surface area contributed by atoms with Gasteiger partial charge < -0.3 is 5.32 Å². The number of nitrogens with one attached hydrogen (secondary N) is 1. The van der Waals surface area contributed by atoms with Crippen LogP contribution < -0.4 is 5.32 Å². The molecule has 1 aromatic rings. The van der Waals surface area contributed by atoms with Crippen LogP contribution in [0.4, 0.5) is 0 Å². The third-order valence-corrected chi connectivity index (χ3v) is 4.36. The number of hydrogen-bond donors (Lipinski definition) is 1. The largest absolute Gasteiger partial charge is 0.353 e. The fourth-order valence-electron chi connectivity index (χ4n) is 3.71. The molecule has 2 nitrogen and oxygen atoms in total. The fourth-order valence-corrected chi connectivity index (χ4v) is 3.71. The molecule has 3 atom stereocenters. The van der Waals surface area contributed by atoms with Gasteiger partial charge in [0.25, 0.3) is 0 Å². The summed E-state index contributed by atoms with van der Waals surface area (Å²) in [5.41, 5.74) is 3.03. The molecule has 0 saturated heterocycles. The van der Waals surface area contributed by atoms with Gasteiger partial charge >= 0.3 is 0 Å². The van der Waals surface area contributed by atoms with Crippen LogP contribution in [0.5, 0.6) is 0 Å². The highest BCUT2D eigenvalue weighted by atomic mass is 16.1. The average Bonchev–Trinajstić information content (AvgIpc) is 2.68. The molecule has 0 bridgehead atoms. The second-order valence-electron chi connectivity index (χ2n) is 5.41. The Bertz CT molecular complexity index is 440. The highest BCUT2D eigenvalue weighted by Gasteiger charge is 2.39. The fraction of sp³-hybridized carbons (Fsp3) is 0.533. The monoisotopic (exact) mass is 229 g/mol. The van der Waals surface area contributed by atoms with Crippen molar-refractivity contribution >= 4 is 5.91 Å². The van der Waals surface area contributed by atoms with Crippen LogP contribution in [0.1, 0.15) is 43.2 Å². The molecule has 2 aliphatic carbocycles. The summed E-state index contributed by atoms with van der Waals surface area (Å²) >= 11 is 0. The first kappa shape index (κ1) is 10.8. The molecule has 0 spiro atoms. The Hall–Kier alpha value is -1.31. The predicted molar refractivity (Wildman–Crippen MR) is 67.8 cm³/mol. The molecule has 1 aromatic carbocycles. The molecule has 1 amide bonds. The van der Waals surface area contributed by atoms with E-state index in [0.29, 0.717) is 17.9 Å². The third-order valence-electron chi connectivity index (χ3n) is 4.36. The van der Waals surface area contributed by atoms with Crippen LogP contribution >= 0.6 is 0 Å². The summed E-state index contributed by atoms with van der Waals surface area (Å²) in [7, 11) is 0. The summed E-state index contributed by atoms with van der Waals surface area (Å²) in [6.07, 6.45) is 4.82. The average molecular weight is 229 g/mol. The highest BCUT2D eigenvalue weighted by molar-refractivity contribution is 5.73. The molecule has 0 radical (unpaired) electrons. The summed E-state index contributed by atoms with van der Waals surface area (Å²) in [6.45, 7) is 1.63. The highest BCUT2D eigenvalue weighted by Crippen LogP contribution is 2.46. The lowest BCUT2D eigenvalue weighted by Gasteiger charge is -2.34. The van der Waals surface area contributed by atoms with E-state index in [0.717, 1.165) is 12.8 Å². The molecule has 90 valence electrons. The lowest BCUT2D eigenvalue weighted by atomic mass is 9.76. The van der Waals surface area contributed by atoms with E-state index >= 15 is 0 Å². The summed E-state index contributed by atoms with van der Waals surface area (Å²) in [6, 6.07) is 9.18. The van der Waals surface area contributed by atoms with Crippen molar-refractivity contribution in [2.75, 3.05) is 0 Å². The normalized spacial score (nSPS) is 30.5. The Morgan fingerprint density at radius 2 is 2.12 bits per heavy atom. The second-order valence-corrected chi connectivity index (χ2v) is 5.41. The van der Waals surface area contributed by atoms with Gasteiger partial charge in [0, 0.05) is 13.0 Å². The molecular weight excluding hydrogens is 210 g/mol. The maximum absolute atomic E-state index is 11.3. The van der Waals surface area contributed by atoms with Crippen LogP contribution in [-0.4, -0.2) is 11.9 Å². The van der Waals surface area contributed by atoms with Gasteiger partial charge in [0.05, 0.1) is 0 Å². The van der Waals surface area contributed by atoms with E-state index in [4.69, 9.17) is 0 Å². The third kappa shape index (κ3) is 1.86. The standard InChI is InChI=1S/C15H19NO/c1-10(17)16-15-8-4-7-13-12-6-3-2-5-11(12)9-14(13)15/h2-3,5-6,13-15H,4,7-9H2,1H3,(H,16,17). The minimum Gasteiger partial charge on any atom is -0.353 e. The van der Waals surface area contributed by atoms with E-state index < -0.39 is 0 Å². The maximum Gasteiger partial charge on any atom is 0.217 e. The lowest BCUT2D eigenvalue weighted by Crippen LogP contribution is -2.43. The maximum atomic E-state index is 11.3. The molecule has 1 fully saturated rings. The SMILES string of the molecule is CC(=O)NC1CCCC2c3ccccc3CC12. The molecule has 3 rings (SSSR count). The summed E-state index contributed by atoms with van der Waals surface area (Å²) in [5.74, 6) is 1.42. The molecule has 0 heterocycles. The van der Waals surface area contributed by atoms with E-state index in [1.807, 2.05) is 0 Å². The Kier molecular flexibility index (Phi) is 2.65. The van der Waals surface area contributed by atoms with Crippen molar-refractivity contribution in [1.82, 2.24) is 5.32 Å². The van der Waals surface area contributed by atoms with Gasteiger partial charge in [-0.05, 0) is 42.2 Å². The Balaban J connectivity index is 1.86. The Labute approximate surface area is 102 Å². The van der Waals surface area contributed by atoms with E-state index in [1.54, 1.807) is 6.92 Å². The molecule has 2 aliphatic rings. The first-order chi connectivity index (χ1) is 8.25. The zero-order valence-electron chi connectivity index (χ0n) is 10.3. The Morgan fingerprint density at radius 3 is 2.94 bits per heavy atom. The van der Waals surface area contributed by atoms with E-state index in [2.05, 4.69) is 29.6 Å². The molecule has 1 saturated carbocycles. The number of rotatable bonds is 1. The number of fused-ring (bicyclic) bond motifs is 3. The number of carbonyl (C=O) groups is 1.